The Hall–Kier alpha value is -1.95. The fourth-order valence-electron chi connectivity index (χ4n) is 4.30. The number of fused-ring (bicyclic) bond motifs is 1. The average molecular weight is 753 g/mol. The maximum Gasteiger partial charge on any atom is 0.259 e. The molecule has 5 rings (SSSR count). The van der Waals surface area contributed by atoms with E-state index >= 15 is 0 Å². The third-order valence-electron chi connectivity index (χ3n) is 6.04. The molecular weight excluding hydrogens is 730 g/mol. The number of para-hydroxylation sites is 1. The van der Waals surface area contributed by atoms with Crippen LogP contribution >= 0.6 is 68.1 Å². The lowest BCUT2D eigenvalue weighted by atomic mass is 9.95. The van der Waals surface area contributed by atoms with E-state index in [0.29, 0.717) is 17.2 Å². The number of benzene rings is 3. The van der Waals surface area contributed by atoms with Crippen LogP contribution in [-0.2, 0) is 19.4 Å². The molecule has 0 saturated carbocycles. The molecule has 0 bridgehead atoms. The molecule has 1 amide bonds. The van der Waals surface area contributed by atoms with Crippen molar-refractivity contribution in [2.75, 3.05) is 5.32 Å². The number of nitrogens with zero attached hydrogens (tertiary/aromatic N) is 1. The molecule has 4 nitrogen and oxygen atoms in total. The van der Waals surface area contributed by atoms with Gasteiger partial charge in [0.1, 0.15) is 17.4 Å². The lowest BCUT2D eigenvalue weighted by Gasteiger charge is -2.13. The van der Waals surface area contributed by atoms with E-state index in [1.165, 1.54) is 4.88 Å². The number of carbonyl (C=O) groups is 1. The topological polar surface area (TPSA) is 50.7 Å². The molecule has 37 heavy (non-hydrogen) atoms. The van der Waals surface area contributed by atoms with E-state index in [1.54, 1.807) is 11.3 Å². The molecule has 0 aliphatic heterocycles. The highest BCUT2D eigenvalue weighted by atomic mass is 127. The van der Waals surface area contributed by atoms with Gasteiger partial charge in [-0.25, -0.2) is 4.99 Å². The Labute approximate surface area is 252 Å². The van der Waals surface area contributed by atoms with Crippen molar-refractivity contribution in [3.63, 3.8) is 0 Å². The SMILES string of the molecule is O=C(Nc1ccccc1)c1c(N=Cc2cc(I)c(OCc3cccc(Cl)c3)c(I)c2)sc2c1CCCC2. The first-order chi connectivity index (χ1) is 18.0. The molecule has 4 aromatic rings. The van der Waals surface area contributed by atoms with E-state index < -0.39 is 0 Å². The summed E-state index contributed by atoms with van der Waals surface area (Å²) in [6.07, 6.45) is 6.04. The van der Waals surface area contributed by atoms with Crippen LogP contribution < -0.4 is 10.1 Å². The number of hydrogen-bond donors (Lipinski definition) is 1. The number of aliphatic imine (C=N–C) groups is 1. The van der Waals surface area contributed by atoms with Crippen LogP contribution in [0.2, 0.25) is 5.02 Å². The second-order valence-corrected chi connectivity index (χ2v) is 12.5. The van der Waals surface area contributed by atoms with Crippen LogP contribution in [0.1, 0.15) is 44.8 Å². The first-order valence-corrected chi connectivity index (χ1v) is 15.2. The minimum atomic E-state index is -0.0910. The highest BCUT2D eigenvalue weighted by Crippen LogP contribution is 2.40. The zero-order valence-corrected chi connectivity index (χ0v) is 25.7. The Bertz CT molecular complexity index is 1450. The third-order valence-corrected chi connectivity index (χ3v) is 9.07. The van der Waals surface area contributed by atoms with Gasteiger partial charge < -0.3 is 10.1 Å². The maximum absolute atomic E-state index is 13.3. The number of nitrogens with one attached hydrogen (secondary N) is 1. The molecule has 1 N–H and O–H groups in total. The van der Waals surface area contributed by atoms with Crippen molar-refractivity contribution in [2.24, 2.45) is 4.99 Å². The number of halogens is 3. The molecule has 1 aromatic heterocycles. The van der Waals surface area contributed by atoms with Gasteiger partial charge in [-0.3, -0.25) is 4.79 Å². The quantitative estimate of drug-likeness (QED) is 0.151. The minimum Gasteiger partial charge on any atom is -0.487 e. The monoisotopic (exact) mass is 752 g/mol. The summed E-state index contributed by atoms with van der Waals surface area (Å²) >= 11 is 12.3. The molecule has 3 aromatic carbocycles. The van der Waals surface area contributed by atoms with Crippen molar-refractivity contribution >= 4 is 90.9 Å². The first kappa shape index (κ1) is 26.6. The van der Waals surface area contributed by atoms with Crippen LogP contribution in [0.5, 0.6) is 5.75 Å². The van der Waals surface area contributed by atoms with Gasteiger partial charge in [-0.1, -0.05) is 41.9 Å². The molecule has 1 aliphatic rings. The molecule has 0 atom stereocenters. The van der Waals surface area contributed by atoms with Gasteiger partial charge in [0.25, 0.3) is 5.91 Å². The number of amides is 1. The Morgan fingerprint density at radius 3 is 2.54 bits per heavy atom. The van der Waals surface area contributed by atoms with E-state index in [2.05, 4.69) is 62.6 Å². The van der Waals surface area contributed by atoms with Gasteiger partial charge in [0.05, 0.1) is 12.7 Å². The number of rotatable bonds is 7. The Morgan fingerprint density at radius 2 is 1.78 bits per heavy atom. The smallest absolute Gasteiger partial charge is 0.259 e. The van der Waals surface area contributed by atoms with Crippen molar-refractivity contribution in [3.8, 4) is 5.75 Å². The van der Waals surface area contributed by atoms with Crippen molar-refractivity contribution < 1.29 is 9.53 Å². The molecular formula is C29H23ClI2N2O2S. The molecule has 8 heteroatoms. The van der Waals surface area contributed by atoms with E-state index in [1.807, 2.05) is 60.8 Å². The van der Waals surface area contributed by atoms with Crippen LogP contribution in [0.15, 0.2) is 71.7 Å². The molecule has 1 aliphatic carbocycles. The van der Waals surface area contributed by atoms with Gasteiger partial charge in [0, 0.05) is 21.8 Å². The Morgan fingerprint density at radius 1 is 1.03 bits per heavy atom. The second-order valence-electron chi connectivity index (χ2n) is 8.70. The number of hydrogen-bond acceptors (Lipinski definition) is 4. The van der Waals surface area contributed by atoms with E-state index in [-0.39, 0.29) is 5.91 Å². The van der Waals surface area contributed by atoms with Crippen molar-refractivity contribution in [1.82, 2.24) is 0 Å². The summed E-state index contributed by atoms with van der Waals surface area (Å²) in [7, 11) is 0. The summed E-state index contributed by atoms with van der Waals surface area (Å²) < 4.78 is 8.12. The highest BCUT2D eigenvalue weighted by Gasteiger charge is 2.25. The van der Waals surface area contributed by atoms with Crippen LogP contribution in [0.3, 0.4) is 0 Å². The molecule has 0 unspecified atom stereocenters. The number of thiophene rings is 1. The molecule has 0 saturated heterocycles. The van der Waals surface area contributed by atoms with Gasteiger partial charge in [-0.2, -0.15) is 0 Å². The van der Waals surface area contributed by atoms with Gasteiger partial charge in [-0.05, 0) is 124 Å². The molecule has 1 heterocycles. The van der Waals surface area contributed by atoms with Crippen LogP contribution in [0, 0.1) is 7.14 Å². The standard InChI is InChI=1S/C29H23ClI2N2O2S/c30-20-8-6-7-18(13-20)17-36-27-23(31)14-19(15-24(27)32)16-33-29-26(22-11-4-5-12-25(22)37-29)28(35)34-21-9-2-1-3-10-21/h1-3,6-10,13-16H,4-5,11-12,17H2,(H,34,35). The first-order valence-electron chi connectivity index (χ1n) is 11.9. The van der Waals surface area contributed by atoms with Crippen LogP contribution in [-0.4, -0.2) is 12.1 Å². The third kappa shape index (κ3) is 6.55. The number of aryl methyl sites for hydroxylation is 1. The van der Waals surface area contributed by atoms with Crippen molar-refractivity contribution in [2.45, 2.75) is 32.3 Å². The highest BCUT2D eigenvalue weighted by molar-refractivity contribution is 14.1. The molecule has 188 valence electrons. The Kier molecular flexibility index (Phi) is 8.84. The summed E-state index contributed by atoms with van der Waals surface area (Å²) in [4.78, 5) is 19.4. The predicted octanol–water partition coefficient (Wildman–Crippen LogP) is 9.07. The average Bonchev–Trinajstić information content (AvgIpc) is 3.26. The molecule has 0 spiro atoms. The zero-order chi connectivity index (χ0) is 25.8. The summed E-state index contributed by atoms with van der Waals surface area (Å²) in [5.74, 6) is 0.750. The van der Waals surface area contributed by atoms with E-state index in [4.69, 9.17) is 21.3 Å². The Balaban J connectivity index is 1.38. The largest absolute Gasteiger partial charge is 0.487 e. The lowest BCUT2D eigenvalue weighted by Crippen LogP contribution is -2.14. The van der Waals surface area contributed by atoms with E-state index in [9.17, 15) is 4.79 Å². The summed E-state index contributed by atoms with van der Waals surface area (Å²) in [5, 5.41) is 4.52. The number of anilines is 1. The number of carbonyl (C=O) groups excluding carboxylic acids is 1. The van der Waals surface area contributed by atoms with Gasteiger partial charge in [-0.15, -0.1) is 11.3 Å². The normalized spacial score (nSPS) is 12.9. The van der Waals surface area contributed by atoms with Crippen molar-refractivity contribution in [1.29, 1.82) is 0 Å². The molecule has 0 radical (unpaired) electrons. The molecule has 0 fully saturated rings. The number of ether oxygens (including phenoxy) is 1. The fourth-order valence-corrected chi connectivity index (χ4v) is 7.87. The second kappa shape index (κ2) is 12.3. The summed E-state index contributed by atoms with van der Waals surface area (Å²) in [5.41, 5.74) is 4.64. The van der Waals surface area contributed by atoms with E-state index in [0.717, 1.165) is 66.0 Å². The zero-order valence-electron chi connectivity index (χ0n) is 19.8. The minimum absolute atomic E-state index is 0.0910. The van der Waals surface area contributed by atoms with Crippen LogP contribution in [0.4, 0.5) is 10.7 Å². The predicted molar refractivity (Wildman–Crippen MR) is 170 cm³/mol. The van der Waals surface area contributed by atoms with Crippen LogP contribution in [0.25, 0.3) is 0 Å². The van der Waals surface area contributed by atoms with Gasteiger partial charge in [0.2, 0.25) is 0 Å². The lowest BCUT2D eigenvalue weighted by molar-refractivity contribution is 0.102. The van der Waals surface area contributed by atoms with Gasteiger partial charge in [0.15, 0.2) is 0 Å². The van der Waals surface area contributed by atoms with Crippen molar-refractivity contribution in [3.05, 3.63) is 106 Å². The summed E-state index contributed by atoms with van der Waals surface area (Å²) in [6.45, 7) is 0.445. The maximum atomic E-state index is 13.3. The van der Waals surface area contributed by atoms with Gasteiger partial charge >= 0.3 is 0 Å². The summed E-state index contributed by atoms with van der Waals surface area (Å²) in [6, 6.07) is 21.4. The fraction of sp³-hybridized carbons (Fsp3) is 0.172.